The summed E-state index contributed by atoms with van der Waals surface area (Å²) >= 11 is 0. The molecule has 94 valence electrons. The van der Waals surface area contributed by atoms with Gasteiger partial charge in [-0.2, -0.15) is 0 Å². The third-order valence-electron chi connectivity index (χ3n) is 2.28. The number of nitro groups is 1. The Hall–Kier alpha value is -1.17. The largest absolute Gasteiger partial charge is 0.458 e. The van der Waals surface area contributed by atoms with Gasteiger partial charge in [-0.05, 0) is 20.3 Å². The molecular formula is C10H19NO5. The maximum atomic E-state index is 11.6. The lowest BCUT2D eigenvalue weighted by atomic mass is 9.94. The minimum absolute atomic E-state index is 0.00144. The summed E-state index contributed by atoms with van der Waals surface area (Å²) in [6.45, 7) is 4.25. The first kappa shape index (κ1) is 14.8. The molecule has 0 saturated carbocycles. The first-order chi connectivity index (χ1) is 7.40. The number of hydrogen-bond donors (Lipinski definition) is 1. The highest BCUT2D eigenvalue weighted by Crippen LogP contribution is 2.21. The number of nitrogens with zero attached hydrogens (tertiary/aromatic N) is 1. The minimum Gasteiger partial charge on any atom is -0.458 e. The SMILES string of the molecule is CCCCC(CO)(C(=O)OC(C)C)[N+](=O)[O-]. The van der Waals surface area contributed by atoms with Crippen LogP contribution in [-0.2, 0) is 9.53 Å². The molecule has 0 amide bonds. The van der Waals surface area contributed by atoms with Crippen molar-refractivity contribution in [3.05, 3.63) is 10.1 Å². The summed E-state index contributed by atoms with van der Waals surface area (Å²) in [6.07, 6.45) is 0.776. The van der Waals surface area contributed by atoms with Crippen LogP contribution < -0.4 is 0 Å². The van der Waals surface area contributed by atoms with Crippen LogP contribution in [0.3, 0.4) is 0 Å². The first-order valence-corrected chi connectivity index (χ1v) is 5.37. The summed E-state index contributed by atoms with van der Waals surface area (Å²) in [6, 6.07) is 0. The van der Waals surface area contributed by atoms with Gasteiger partial charge < -0.3 is 9.84 Å². The lowest BCUT2D eigenvalue weighted by Gasteiger charge is -2.22. The molecule has 0 spiro atoms. The fourth-order valence-corrected chi connectivity index (χ4v) is 1.26. The quantitative estimate of drug-likeness (QED) is 0.404. The van der Waals surface area contributed by atoms with Crippen LogP contribution >= 0.6 is 0 Å². The second-order valence-electron chi connectivity index (χ2n) is 4.00. The zero-order valence-electron chi connectivity index (χ0n) is 9.93. The molecule has 0 aliphatic heterocycles. The van der Waals surface area contributed by atoms with Crippen molar-refractivity contribution in [2.75, 3.05) is 6.61 Å². The molecule has 0 radical (unpaired) electrons. The highest BCUT2D eigenvalue weighted by Gasteiger charge is 2.51. The number of rotatable bonds is 7. The molecule has 1 atom stereocenters. The molecule has 6 nitrogen and oxygen atoms in total. The van der Waals surface area contributed by atoms with Crippen LogP contribution in [0.2, 0.25) is 0 Å². The summed E-state index contributed by atoms with van der Waals surface area (Å²) in [4.78, 5) is 21.8. The molecule has 0 aliphatic carbocycles. The van der Waals surface area contributed by atoms with Gasteiger partial charge in [-0.15, -0.1) is 0 Å². The molecule has 0 saturated heterocycles. The molecule has 0 aromatic rings. The Labute approximate surface area is 94.7 Å². The Morgan fingerprint density at radius 2 is 2.12 bits per heavy atom. The summed E-state index contributed by atoms with van der Waals surface area (Å²) in [5.41, 5.74) is -2.00. The molecule has 0 fully saturated rings. The van der Waals surface area contributed by atoms with E-state index in [2.05, 4.69) is 0 Å². The van der Waals surface area contributed by atoms with E-state index in [1.807, 2.05) is 6.92 Å². The van der Waals surface area contributed by atoms with E-state index in [0.29, 0.717) is 12.8 Å². The second-order valence-corrected chi connectivity index (χ2v) is 4.00. The van der Waals surface area contributed by atoms with E-state index in [0.717, 1.165) is 0 Å². The zero-order chi connectivity index (χ0) is 12.8. The van der Waals surface area contributed by atoms with Crippen molar-refractivity contribution in [2.45, 2.75) is 51.7 Å². The van der Waals surface area contributed by atoms with Gasteiger partial charge in [-0.25, -0.2) is 4.79 Å². The van der Waals surface area contributed by atoms with Gasteiger partial charge in [0.05, 0.1) is 6.10 Å². The van der Waals surface area contributed by atoms with Gasteiger partial charge in [0.1, 0.15) is 6.61 Å². The van der Waals surface area contributed by atoms with E-state index in [1.54, 1.807) is 13.8 Å². The van der Waals surface area contributed by atoms with Crippen LogP contribution in [0.5, 0.6) is 0 Å². The van der Waals surface area contributed by atoms with Crippen molar-refractivity contribution in [3.63, 3.8) is 0 Å². The fourth-order valence-electron chi connectivity index (χ4n) is 1.26. The molecule has 0 rings (SSSR count). The third kappa shape index (κ3) is 3.44. The van der Waals surface area contributed by atoms with Crippen LogP contribution in [0, 0.1) is 10.1 Å². The van der Waals surface area contributed by atoms with Gasteiger partial charge in [-0.1, -0.05) is 13.3 Å². The van der Waals surface area contributed by atoms with Gasteiger partial charge in [-0.3, -0.25) is 10.1 Å². The van der Waals surface area contributed by atoms with Gasteiger partial charge >= 0.3 is 11.5 Å². The number of esters is 1. The average molecular weight is 233 g/mol. The van der Waals surface area contributed by atoms with Crippen LogP contribution in [0.1, 0.15) is 40.0 Å². The molecule has 0 aromatic heterocycles. The molecule has 0 heterocycles. The van der Waals surface area contributed by atoms with E-state index in [9.17, 15) is 14.9 Å². The molecule has 0 aliphatic rings. The highest BCUT2D eigenvalue weighted by atomic mass is 16.6. The summed E-state index contributed by atoms with van der Waals surface area (Å²) in [7, 11) is 0. The number of aliphatic hydroxyl groups excluding tert-OH is 1. The monoisotopic (exact) mass is 233 g/mol. The van der Waals surface area contributed by atoms with E-state index in [1.165, 1.54) is 0 Å². The molecule has 1 unspecified atom stereocenters. The molecule has 0 bridgehead atoms. The lowest BCUT2D eigenvalue weighted by molar-refractivity contribution is -0.560. The fraction of sp³-hybridized carbons (Fsp3) is 0.900. The molecule has 6 heteroatoms. The Balaban J connectivity index is 4.88. The van der Waals surface area contributed by atoms with Crippen LogP contribution in [0.4, 0.5) is 0 Å². The highest BCUT2D eigenvalue weighted by molar-refractivity contribution is 5.79. The number of aliphatic hydroxyl groups is 1. The number of hydrogen-bond acceptors (Lipinski definition) is 5. The Kier molecular flexibility index (Phi) is 5.95. The van der Waals surface area contributed by atoms with Crippen molar-refractivity contribution in [3.8, 4) is 0 Å². The van der Waals surface area contributed by atoms with Crippen molar-refractivity contribution in [1.29, 1.82) is 0 Å². The van der Waals surface area contributed by atoms with E-state index in [4.69, 9.17) is 9.84 Å². The summed E-state index contributed by atoms with van der Waals surface area (Å²) < 4.78 is 4.82. The normalized spacial score (nSPS) is 14.6. The minimum atomic E-state index is -2.00. The van der Waals surface area contributed by atoms with Crippen molar-refractivity contribution in [2.24, 2.45) is 0 Å². The first-order valence-electron chi connectivity index (χ1n) is 5.37. The van der Waals surface area contributed by atoms with Gasteiger partial charge in [0.2, 0.25) is 0 Å². The predicted molar refractivity (Wildman–Crippen MR) is 57.6 cm³/mol. The van der Waals surface area contributed by atoms with Gasteiger partial charge in [0, 0.05) is 11.3 Å². The lowest BCUT2D eigenvalue weighted by Crippen LogP contribution is -2.51. The topological polar surface area (TPSA) is 89.7 Å². The summed E-state index contributed by atoms with van der Waals surface area (Å²) in [5.74, 6) is -0.955. The van der Waals surface area contributed by atoms with Crippen molar-refractivity contribution >= 4 is 5.97 Å². The molecule has 0 aromatic carbocycles. The van der Waals surface area contributed by atoms with E-state index >= 15 is 0 Å². The second kappa shape index (κ2) is 6.42. The Morgan fingerprint density at radius 3 is 2.44 bits per heavy atom. The Bertz CT molecular complexity index is 254. The number of carbonyl (C=O) groups excluding carboxylic acids is 1. The van der Waals surface area contributed by atoms with Crippen LogP contribution in [0.15, 0.2) is 0 Å². The van der Waals surface area contributed by atoms with E-state index < -0.39 is 29.1 Å². The van der Waals surface area contributed by atoms with Crippen LogP contribution in [-0.4, -0.2) is 34.2 Å². The smallest absolute Gasteiger partial charge is 0.387 e. The number of ether oxygens (including phenoxy) is 1. The number of carbonyl (C=O) groups is 1. The molecule has 1 N–H and O–H groups in total. The van der Waals surface area contributed by atoms with Gasteiger partial charge in [0.15, 0.2) is 0 Å². The average Bonchev–Trinajstić information content (AvgIpc) is 2.18. The third-order valence-corrected chi connectivity index (χ3v) is 2.28. The Morgan fingerprint density at radius 1 is 1.56 bits per heavy atom. The van der Waals surface area contributed by atoms with Gasteiger partial charge in [0.25, 0.3) is 0 Å². The maximum absolute atomic E-state index is 11.6. The van der Waals surface area contributed by atoms with E-state index in [-0.39, 0.29) is 6.42 Å². The standard InChI is InChI=1S/C10H19NO5/c1-4-5-6-10(7-12,11(14)15)9(13)16-8(2)3/h8,12H,4-7H2,1-3H3. The van der Waals surface area contributed by atoms with Crippen molar-refractivity contribution in [1.82, 2.24) is 0 Å². The maximum Gasteiger partial charge on any atom is 0.387 e. The predicted octanol–water partition coefficient (Wildman–Crippen LogP) is 1.14. The molecular weight excluding hydrogens is 214 g/mol. The van der Waals surface area contributed by atoms with Crippen molar-refractivity contribution < 1.29 is 19.6 Å². The summed E-state index contributed by atoms with van der Waals surface area (Å²) in [5, 5.41) is 20.0. The zero-order valence-corrected chi connectivity index (χ0v) is 9.93. The molecule has 16 heavy (non-hydrogen) atoms. The number of unbranched alkanes of at least 4 members (excludes halogenated alkanes) is 1. The van der Waals surface area contributed by atoms with Crippen LogP contribution in [0.25, 0.3) is 0 Å².